The van der Waals surface area contributed by atoms with Crippen LogP contribution in [0.2, 0.25) is 0 Å². The third-order valence-corrected chi connectivity index (χ3v) is 14.1. The van der Waals surface area contributed by atoms with Crippen LogP contribution in [0, 0.1) is 27.7 Å². The molecule has 114 valence electrons. The average Bonchev–Trinajstić information content (AvgIpc) is 2.41. The van der Waals surface area contributed by atoms with E-state index >= 15 is 0 Å². The summed E-state index contributed by atoms with van der Waals surface area (Å²) >= 11 is -3.55. The van der Waals surface area contributed by atoms with Crippen LogP contribution in [-0.4, -0.2) is 26.2 Å². The Balaban J connectivity index is 2.68. The fraction of sp³-hybridized carbons (Fsp3) is 0.250. The van der Waals surface area contributed by atoms with Gasteiger partial charge in [0.05, 0.1) is 0 Å². The Kier molecular flexibility index (Phi) is 4.71. The zero-order valence-corrected chi connectivity index (χ0v) is 16.2. The van der Waals surface area contributed by atoms with Crippen molar-refractivity contribution in [1.29, 1.82) is 0 Å². The van der Waals surface area contributed by atoms with E-state index in [1.807, 2.05) is 39.8 Å². The van der Waals surface area contributed by atoms with Gasteiger partial charge in [0, 0.05) is 0 Å². The summed E-state index contributed by atoms with van der Waals surface area (Å²) in [4.78, 5) is 0. The number of halogens is 2. The molecule has 0 saturated carbocycles. The summed E-state index contributed by atoms with van der Waals surface area (Å²) in [5.41, 5.74) is 3.48. The molecular weight excluding hydrogens is 423 g/mol. The molecule has 2 rings (SSSR count). The van der Waals surface area contributed by atoms with Gasteiger partial charge in [-0.2, -0.15) is 0 Å². The fourth-order valence-corrected chi connectivity index (χ4v) is 11.8. The van der Waals surface area contributed by atoms with Crippen LogP contribution in [-0.2, 0) is 0 Å². The quantitative estimate of drug-likeness (QED) is 0.703. The molecule has 0 saturated heterocycles. The molecule has 0 spiro atoms. The van der Waals surface area contributed by atoms with Crippen molar-refractivity contribution in [2.75, 3.05) is 0 Å². The third kappa shape index (κ3) is 2.85. The predicted octanol–water partition coefficient (Wildman–Crippen LogP) is 3.37. The van der Waals surface area contributed by atoms with Gasteiger partial charge in [-0.15, -0.1) is 0 Å². The van der Waals surface area contributed by atoms with Crippen LogP contribution in [0.3, 0.4) is 0 Å². The Hall–Kier alpha value is -0.590. The van der Waals surface area contributed by atoms with E-state index < -0.39 is 15.9 Å². The van der Waals surface area contributed by atoms with E-state index in [-0.39, 0.29) is 11.5 Å². The van der Waals surface area contributed by atoms with Crippen molar-refractivity contribution in [3.63, 3.8) is 0 Å². The molecule has 0 bridgehead atoms. The molecule has 0 radical (unpaired) electrons. The van der Waals surface area contributed by atoms with Crippen molar-refractivity contribution < 1.29 is 10.2 Å². The molecule has 0 heterocycles. The van der Waals surface area contributed by atoms with E-state index in [0.29, 0.717) is 0 Å². The SMILES string of the molecule is Cc1c(O)ccc([Te](Cl)(Cl)c2ccc(O)c(C)c2C)c1C. The Bertz CT molecular complexity index is 652. The average molecular weight is 441 g/mol. The Morgan fingerprint density at radius 1 is 0.667 bits per heavy atom. The van der Waals surface area contributed by atoms with Gasteiger partial charge in [0.15, 0.2) is 0 Å². The van der Waals surface area contributed by atoms with Gasteiger partial charge in [0.25, 0.3) is 0 Å². The second-order valence-electron chi connectivity index (χ2n) is 5.13. The fourth-order valence-electron chi connectivity index (χ4n) is 2.24. The topological polar surface area (TPSA) is 40.5 Å². The summed E-state index contributed by atoms with van der Waals surface area (Å²) in [6.45, 7) is 7.57. The Labute approximate surface area is 136 Å². The molecule has 0 unspecified atom stereocenters. The van der Waals surface area contributed by atoms with E-state index in [2.05, 4.69) is 0 Å². The van der Waals surface area contributed by atoms with Crippen LogP contribution in [0.25, 0.3) is 0 Å². The second kappa shape index (κ2) is 5.89. The van der Waals surface area contributed by atoms with Crippen LogP contribution in [0.4, 0.5) is 0 Å². The van der Waals surface area contributed by atoms with Gasteiger partial charge in [-0.3, -0.25) is 0 Å². The molecular formula is C16H18Cl2O2Te. The van der Waals surface area contributed by atoms with Crippen LogP contribution >= 0.6 is 17.9 Å². The van der Waals surface area contributed by atoms with Crippen LogP contribution in [0.15, 0.2) is 24.3 Å². The van der Waals surface area contributed by atoms with Crippen molar-refractivity contribution in [2.45, 2.75) is 27.7 Å². The second-order valence-corrected chi connectivity index (χ2v) is 17.6. The van der Waals surface area contributed by atoms with Crippen LogP contribution in [0.5, 0.6) is 11.5 Å². The first-order valence-electron chi connectivity index (χ1n) is 6.49. The molecule has 0 aliphatic heterocycles. The summed E-state index contributed by atoms with van der Waals surface area (Å²) in [5.74, 6) is 0.503. The monoisotopic (exact) mass is 442 g/mol. The van der Waals surface area contributed by atoms with Crippen molar-refractivity contribution in [3.05, 3.63) is 46.5 Å². The Morgan fingerprint density at radius 2 is 1.00 bits per heavy atom. The normalized spacial score (nSPS) is 12.5. The molecule has 2 N–H and O–H groups in total. The van der Waals surface area contributed by atoms with Gasteiger partial charge in [-0.05, 0) is 0 Å². The summed E-state index contributed by atoms with van der Waals surface area (Å²) < 4.78 is 1.84. The van der Waals surface area contributed by atoms with Gasteiger partial charge < -0.3 is 0 Å². The van der Waals surface area contributed by atoms with Gasteiger partial charge in [-0.1, -0.05) is 0 Å². The molecule has 5 heteroatoms. The Morgan fingerprint density at radius 3 is 1.33 bits per heavy atom. The first-order chi connectivity index (χ1) is 9.67. The van der Waals surface area contributed by atoms with Crippen LogP contribution in [0.1, 0.15) is 22.3 Å². The van der Waals surface area contributed by atoms with E-state index in [1.165, 1.54) is 0 Å². The standard InChI is InChI=1S/C16H18Cl2O2Te/c1-9-11(3)15(7-5-13(9)19)21(17,18)16-8-6-14(20)10(2)12(16)4/h5-8,19-20H,1-4H3. The number of phenolic OH excluding ortho intramolecular Hbond substituents is 2. The number of hydrogen-bond acceptors (Lipinski definition) is 2. The van der Waals surface area contributed by atoms with E-state index in [4.69, 9.17) is 17.9 Å². The zero-order valence-electron chi connectivity index (χ0n) is 12.4. The summed E-state index contributed by atoms with van der Waals surface area (Å²) in [5, 5.41) is 19.6. The first-order valence-corrected chi connectivity index (χ1v) is 14.7. The molecule has 2 aromatic carbocycles. The van der Waals surface area contributed by atoms with Gasteiger partial charge in [0.2, 0.25) is 0 Å². The third-order valence-electron chi connectivity index (χ3n) is 3.97. The minimum absolute atomic E-state index is 0.252. The van der Waals surface area contributed by atoms with Gasteiger partial charge in [0.1, 0.15) is 0 Å². The number of phenols is 2. The number of rotatable bonds is 2. The van der Waals surface area contributed by atoms with Crippen molar-refractivity contribution in [2.24, 2.45) is 0 Å². The summed E-state index contributed by atoms with van der Waals surface area (Å²) in [6, 6.07) is 6.93. The predicted molar refractivity (Wildman–Crippen MR) is 91.9 cm³/mol. The van der Waals surface area contributed by atoms with Gasteiger partial charge in [-0.25, -0.2) is 0 Å². The van der Waals surface area contributed by atoms with Crippen LogP contribution < -0.4 is 7.22 Å². The number of aromatic hydroxyl groups is 2. The molecule has 2 nitrogen and oxygen atoms in total. The molecule has 0 fully saturated rings. The molecule has 2 aromatic rings. The summed E-state index contributed by atoms with van der Waals surface area (Å²) in [6.07, 6.45) is 0. The molecule has 21 heavy (non-hydrogen) atoms. The van der Waals surface area contributed by atoms with Crippen molar-refractivity contribution >= 4 is 41.1 Å². The minimum atomic E-state index is -3.55. The van der Waals surface area contributed by atoms with Gasteiger partial charge >= 0.3 is 137 Å². The van der Waals surface area contributed by atoms with Crippen molar-refractivity contribution in [3.8, 4) is 11.5 Å². The van der Waals surface area contributed by atoms with E-state index in [0.717, 1.165) is 29.5 Å². The molecule has 0 atom stereocenters. The molecule has 0 aromatic heterocycles. The first kappa shape index (κ1) is 16.8. The maximum absolute atomic E-state index is 9.80. The van der Waals surface area contributed by atoms with E-state index in [9.17, 15) is 10.2 Å². The van der Waals surface area contributed by atoms with Crippen molar-refractivity contribution in [1.82, 2.24) is 0 Å². The molecule has 0 aliphatic carbocycles. The molecule has 0 aliphatic rings. The zero-order chi connectivity index (χ0) is 15.9. The summed E-state index contributed by atoms with van der Waals surface area (Å²) in [7, 11) is 13.7. The maximum atomic E-state index is 9.80. The molecule has 0 amide bonds. The number of benzene rings is 2. The number of hydrogen-bond donors (Lipinski definition) is 2. The van der Waals surface area contributed by atoms with E-state index in [1.54, 1.807) is 12.1 Å².